The lowest BCUT2D eigenvalue weighted by molar-refractivity contribution is -0.112. The van der Waals surface area contributed by atoms with Gasteiger partial charge in [-0.2, -0.15) is 9.97 Å². The molecule has 3 heterocycles. The van der Waals surface area contributed by atoms with Gasteiger partial charge in [-0.05, 0) is 63.4 Å². The summed E-state index contributed by atoms with van der Waals surface area (Å²) < 4.78 is 2.26. The molecule has 7 rings (SSSR count). The van der Waals surface area contributed by atoms with Crippen molar-refractivity contribution >= 4 is 53.8 Å². The number of benzene rings is 1. The summed E-state index contributed by atoms with van der Waals surface area (Å²) in [5.74, 6) is 1.83. The minimum Gasteiger partial charge on any atom is -0.365 e. The molecule has 4 aliphatic rings. The molecule has 5 N–H and O–H groups in total. The Morgan fingerprint density at radius 1 is 0.886 bits per heavy atom. The average Bonchev–Trinajstić information content (AvgIpc) is 3.35. The molecule has 0 unspecified atom stereocenters. The highest BCUT2D eigenvalue weighted by Gasteiger charge is 2.40. The van der Waals surface area contributed by atoms with E-state index in [2.05, 4.69) is 32.7 Å². The second-order valence-electron chi connectivity index (χ2n) is 12.6. The number of carbonyl (C=O) groups is 1. The van der Waals surface area contributed by atoms with Crippen LogP contribution in [-0.2, 0) is 4.84 Å². The smallest absolute Gasteiger partial charge is 0.365 e. The van der Waals surface area contributed by atoms with E-state index in [4.69, 9.17) is 25.5 Å². The summed E-state index contributed by atoms with van der Waals surface area (Å²) in [5.41, 5.74) is 9.14. The average molecular weight is 647 g/mol. The predicted molar refractivity (Wildman–Crippen MR) is 177 cm³/mol. The standard InChI is InChI=1S/C31H43N9O2.2ClH/c32-21-10-12-22(13-11-21)35-30-37-28(27-29(38-30)40(19-33-27)24-8-4-5-9-24)34-23-14-16-39(17-15-23)42-31(41)36-26-18-25(26)20-6-2-1-3-7-20;;/h1-3,6-7,19,21-26H,4-5,8-18,32H2,(H,36,41)(H2,34,35,37,38);2*1H/t21?,22?,25-,26+;;/m0../s1. The SMILES string of the molecule is Cl.Cl.NC1CCC(Nc2nc(NC3CCN(OC(=O)N[C@@H]4C[C@H]4c4ccccc4)CC3)c3ncn(C4CCCC4)c3n2)CC1. The zero-order valence-corrected chi connectivity index (χ0v) is 26.7. The highest BCUT2D eigenvalue weighted by atomic mass is 35.5. The van der Waals surface area contributed by atoms with Gasteiger partial charge < -0.3 is 31.1 Å². The van der Waals surface area contributed by atoms with Gasteiger partial charge in [0.2, 0.25) is 5.95 Å². The van der Waals surface area contributed by atoms with Gasteiger partial charge in [0.15, 0.2) is 17.0 Å². The predicted octanol–water partition coefficient (Wildman–Crippen LogP) is 5.54. The summed E-state index contributed by atoms with van der Waals surface area (Å²) in [7, 11) is 0. The molecule has 2 aromatic heterocycles. The Bertz CT molecular complexity index is 1370. The fraction of sp³-hybridized carbons (Fsp3) is 0.613. The van der Waals surface area contributed by atoms with Crippen LogP contribution in [0.3, 0.4) is 0 Å². The number of hydrogen-bond acceptors (Lipinski definition) is 9. The zero-order valence-electron chi connectivity index (χ0n) is 25.1. The van der Waals surface area contributed by atoms with Crippen LogP contribution in [0, 0.1) is 0 Å². The molecule has 240 valence electrons. The maximum absolute atomic E-state index is 12.6. The van der Waals surface area contributed by atoms with Crippen molar-refractivity contribution in [3.63, 3.8) is 0 Å². The number of imidazole rings is 1. The van der Waals surface area contributed by atoms with Gasteiger partial charge in [-0.3, -0.25) is 0 Å². The van der Waals surface area contributed by atoms with E-state index in [1.165, 1.54) is 31.2 Å². The molecule has 1 amide bonds. The van der Waals surface area contributed by atoms with Gasteiger partial charge in [-0.1, -0.05) is 43.2 Å². The van der Waals surface area contributed by atoms with Crippen molar-refractivity contribution in [1.82, 2.24) is 29.9 Å². The lowest BCUT2D eigenvalue weighted by Crippen LogP contribution is -2.42. The van der Waals surface area contributed by atoms with Crippen LogP contribution in [0.4, 0.5) is 16.6 Å². The van der Waals surface area contributed by atoms with Crippen molar-refractivity contribution in [1.29, 1.82) is 0 Å². The number of carbonyl (C=O) groups excluding carboxylic acids is 1. The lowest BCUT2D eigenvalue weighted by Gasteiger charge is -2.31. The first-order valence-corrected chi connectivity index (χ1v) is 15.9. The van der Waals surface area contributed by atoms with Gasteiger partial charge in [-0.25, -0.2) is 9.78 Å². The van der Waals surface area contributed by atoms with E-state index < -0.39 is 0 Å². The van der Waals surface area contributed by atoms with Crippen molar-refractivity contribution in [2.45, 2.75) is 107 Å². The summed E-state index contributed by atoms with van der Waals surface area (Å²) in [6.07, 6.45) is 13.2. The molecule has 1 saturated heterocycles. The number of fused-ring (bicyclic) bond motifs is 1. The van der Waals surface area contributed by atoms with Gasteiger partial charge in [-0.15, -0.1) is 29.9 Å². The van der Waals surface area contributed by atoms with E-state index in [1.807, 2.05) is 24.5 Å². The number of nitrogens with zero attached hydrogens (tertiary/aromatic N) is 5. The number of rotatable bonds is 8. The first-order chi connectivity index (χ1) is 20.6. The normalized spacial score (nSPS) is 25.9. The number of nitrogens with two attached hydrogens (primary N) is 1. The maximum Gasteiger partial charge on any atom is 0.426 e. The molecule has 3 aromatic rings. The molecule has 3 aliphatic carbocycles. The minimum absolute atomic E-state index is 0. The van der Waals surface area contributed by atoms with E-state index in [0.717, 1.165) is 61.9 Å². The molecular weight excluding hydrogens is 601 g/mol. The van der Waals surface area contributed by atoms with Crippen LogP contribution in [0.1, 0.15) is 88.2 Å². The number of amides is 1. The second kappa shape index (κ2) is 14.5. The molecule has 3 saturated carbocycles. The number of hydrogen-bond donors (Lipinski definition) is 4. The van der Waals surface area contributed by atoms with Gasteiger partial charge in [0, 0.05) is 49.2 Å². The summed E-state index contributed by atoms with van der Waals surface area (Å²) in [5, 5.41) is 12.1. The Balaban J connectivity index is 0.00000192. The van der Waals surface area contributed by atoms with E-state index in [1.54, 1.807) is 5.06 Å². The Kier molecular flexibility index (Phi) is 10.7. The molecular formula is C31H45Cl2N9O2. The number of anilines is 2. The van der Waals surface area contributed by atoms with Gasteiger partial charge in [0.25, 0.3) is 0 Å². The Hall–Kier alpha value is -2.86. The molecule has 1 aliphatic heterocycles. The molecule has 2 atom stereocenters. The number of nitrogens with one attached hydrogen (secondary N) is 3. The van der Waals surface area contributed by atoms with Crippen LogP contribution >= 0.6 is 24.8 Å². The Morgan fingerprint density at radius 2 is 1.59 bits per heavy atom. The molecule has 1 aromatic carbocycles. The van der Waals surface area contributed by atoms with Crippen molar-refractivity contribution in [2.75, 3.05) is 23.7 Å². The molecule has 0 spiro atoms. The maximum atomic E-state index is 12.6. The summed E-state index contributed by atoms with van der Waals surface area (Å²) in [6.45, 7) is 1.33. The molecule has 44 heavy (non-hydrogen) atoms. The highest BCUT2D eigenvalue weighted by molar-refractivity contribution is 5.86. The third kappa shape index (κ3) is 7.50. The summed E-state index contributed by atoms with van der Waals surface area (Å²) in [6, 6.07) is 11.8. The third-order valence-corrected chi connectivity index (χ3v) is 9.57. The van der Waals surface area contributed by atoms with Crippen LogP contribution < -0.4 is 21.7 Å². The summed E-state index contributed by atoms with van der Waals surface area (Å²) in [4.78, 5) is 32.9. The van der Waals surface area contributed by atoms with Crippen molar-refractivity contribution in [3.8, 4) is 0 Å². The quantitative estimate of drug-likeness (QED) is 0.249. The molecule has 0 radical (unpaired) electrons. The number of aromatic nitrogens is 4. The van der Waals surface area contributed by atoms with Crippen molar-refractivity contribution in [3.05, 3.63) is 42.2 Å². The van der Waals surface area contributed by atoms with E-state index in [0.29, 0.717) is 43.1 Å². The van der Waals surface area contributed by atoms with Crippen molar-refractivity contribution < 1.29 is 9.63 Å². The number of hydroxylamine groups is 2. The molecule has 4 fully saturated rings. The van der Waals surface area contributed by atoms with Gasteiger partial charge >= 0.3 is 6.09 Å². The number of piperidine rings is 1. The first kappa shape index (κ1) is 32.5. The van der Waals surface area contributed by atoms with E-state index in [-0.39, 0.29) is 43.0 Å². The molecule has 11 nitrogen and oxygen atoms in total. The monoisotopic (exact) mass is 645 g/mol. The van der Waals surface area contributed by atoms with Crippen LogP contribution in [0.5, 0.6) is 0 Å². The molecule has 13 heteroatoms. The highest BCUT2D eigenvalue weighted by Crippen LogP contribution is 2.40. The largest absolute Gasteiger partial charge is 0.426 e. The topological polar surface area (TPSA) is 135 Å². The minimum atomic E-state index is -0.362. The Morgan fingerprint density at radius 3 is 2.32 bits per heavy atom. The van der Waals surface area contributed by atoms with Crippen molar-refractivity contribution in [2.24, 2.45) is 5.73 Å². The fourth-order valence-electron chi connectivity index (χ4n) is 6.98. The van der Waals surface area contributed by atoms with E-state index in [9.17, 15) is 4.79 Å². The third-order valence-electron chi connectivity index (χ3n) is 9.57. The second-order valence-corrected chi connectivity index (χ2v) is 12.6. The lowest BCUT2D eigenvalue weighted by atomic mass is 9.92. The van der Waals surface area contributed by atoms with Gasteiger partial charge in [0.1, 0.15) is 0 Å². The van der Waals surface area contributed by atoms with Crippen LogP contribution in [-0.4, -0.2) is 67.9 Å². The van der Waals surface area contributed by atoms with Crippen LogP contribution in [0.25, 0.3) is 11.2 Å². The van der Waals surface area contributed by atoms with E-state index >= 15 is 0 Å². The first-order valence-electron chi connectivity index (χ1n) is 15.9. The summed E-state index contributed by atoms with van der Waals surface area (Å²) >= 11 is 0. The zero-order chi connectivity index (χ0) is 28.5. The van der Waals surface area contributed by atoms with Gasteiger partial charge in [0.05, 0.1) is 6.33 Å². The molecule has 0 bridgehead atoms. The Labute approximate surface area is 271 Å². The fourth-order valence-corrected chi connectivity index (χ4v) is 6.98. The number of halogens is 2. The van der Waals surface area contributed by atoms with Crippen LogP contribution in [0.2, 0.25) is 0 Å². The van der Waals surface area contributed by atoms with Crippen LogP contribution in [0.15, 0.2) is 36.7 Å².